The van der Waals surface area contributed by atoms with Crippen LogP contribution in [0.15, 0.2) is 72.4 Å². The fourth-order valence-corrected chi connectivity index (χ4v) is 4.05. The number of amides is 1. The first kappa shape index (κ1) is 21.6. The maximum absolute atomic E-state index is 12.9. The van der Waals surface area contributed by atoms with E-state index in [-0.39, 0.29) is 11.7 Å². The fraction of sp³-hybridized carbons (Fsp3) is 0.217. The number of hydrogen-bond acceptors (Lipinski definition) is 6. The van der Waals surface area contributed by atoms with Gasteiger partial charge in [0.15, 0.2) is 5.16 Å². The zero-order valence-corrected chi connectivity index (χ0v) is 18.9. The Morgan fingerprint density at radius 1 is 1.22 bits per heavy atom. The van der Waals surface area contributed by atoms with Crippen LogP contribution in [0.1, 0.15) is 23.0 Å². The SMILES string of the molecule is COc1cccc(C(NC(=O)CSc2nncn2-c2ccc(C)cc2)c2nccn2C)c1. The van der Waals surface area contributed by atoms with E-state index in [1.165, 1.54) is 17.3 Å². The monoisotopic (exact) mass is 448 g/mol. The van der Waals surface area contributed by atoms with E-state index in [1.807, 2.05) is 77.8 Å². The molecule has 2 heterocycles. The molecule has 4 aromatic rings. The van der Waals surface area contributed by atoms with Gasteiger partial charge in [0.2, 0.25) is 5.91 Å². The highest BCUT2D eigenvalue weighted by molar-refractivity contribution is 7.99. The summed E-state index contributed by atoms with van der Waals surface area (Å²) in [6.45, 7) is 2.04. The van der Waals surface area contributed by atoms with Crippen molar-refractivity contribution in [2.75, 3.05) is 12.9 Å². The number of nitrogens with zero attached hydrogens (tertiary/aromatic N) is 5. The molecule has 164 valence electrons. The lowest BCUT2D eigenvalue weighted by molar-refractivity contribution is -0.119. The van der Waals surface area contributed by atoms with Crippen LogP contribution >= 0.6 is 11.8 Å². The molecule has 0 fully saturated rings. The van der Waals surface area contributed by atoms with E-state index in [0.717, 1.165) is 22.8 Å². The molecule has 9 heteroatoms. The molecule has 2 aromatic carbocycles. The van der Waals surface area contributed by atoms with Crippen molar-refractivity contribution in [3.8, 4) is 11.4 Å². The fourth-order valence-electron chi connectivity index (χ4n) is 3.31. The molecule has 32 heavy (non-hydrogen) atoms. The number of benzene rings is 2. The second kappa shape index (κ2) is 9.69. The third-order valence-corrected chi connectivity index (χ3v) is 5.95. The number of thioether (sulfide) groups is 1. The second-order valence-corrected chi connectivity index (χ2v) is 8.22. The van der Waals surface area contributed by atoms with E-state index in [0.29, 0.717) is 5.16 Å². The minimum atomic E-state index is -0.409. The number of imidazole rings is 1. The number of carbonyl (C=O) groups is 1. The summed E-state index contributed by atoms with van der Waals surface area (Å²) in [5.74, 6) is 1.51. The molecule has 2 aromatic heterocycles. The molecule has 0 saturated carbocycles. The zero-order chi connectivity index (χ0) is 22.5. The summed E-state index contributed by atoms with van der Waals surface area (Å²) in [5, 5.41) is 11.9. The number of carbonyl (C=O) groups excluding carboxylic acids is 1. The first-order valence-corrected chi connectivity index (χ1v) is 11.0. The van der Waals surface area contributed by atoms with Crippen molar-refractivity contribution in [2.24, 2.45) is 7.05 Å². The van der Waals surface area contributed by atoms with Gasteiger partial charge in [-0.3, -0.25) is 9.36 Å². The summed E-state index contributed by atoms with van der Waals surface area (Å²) >= 11 is 1.33. The third kappa shape index (κ3) is 4.83. The lowest BCUT2D eigenvalue weighted by Crippen LogP contribution is -2.32. The molecule has 1 N–H and O–H groups in total. The van der Waals surface area contributed by atoms with Crippen molar-refractivity contribution in [1.29, 1.82) is 0 Å². The van der Waals surface area contributed by atoms with Gasteiger partial charge in [0.1, 0.15) is 23.9 Å². The van der Waals surface area contributed by atoms with E-state index in [4.69, 9.17) is 4.74 Å². The summed E-state index contributed by atoms with van der Waals surface area (Å²) in [7, 11) is 3.52. The first-order chi connectivity index (χ1) is 15.5. The van der Waals surface area contributed by atoms with Crippen LogP contribution in [0.5, 0.6) is 5.75 Å². The Hall–Kier alpha value is -3.59. The van der Waals surface area contributed by atoms with Crippen molar-refractivity contribution in [3.05, 3.63) is 84.2 Å². The molecular weight excluding hydrogens is 424 g/mol. The van der Waals surface area contributed by atoms with Gasteiger partial charge in [0.25, 0.3) is 0 Å². The Kier molecular flexibility index (Phi) is 6.55. The number of hydrogen-bond donors (Lipinski definition) is 1. The highest BCUT2D eigenvalue weighted by Gasteiger charge is 2.22. The van der Waals surface area contributed by atoms with E-state index >= 15 is 0 Å². The normalized spacial score (nSPS) is 11.8. The minimum Gasteiger partial charge on any atom is -0.497 e. The van der Waals surface area contributed by atoms with Gasteiger partial charge >= 0.3 is 0 Å². The lowest BCUT2D eigenvalue weighted by atomic mass is 10.1. The van der Waals surface area contributed by atoms with Crippen molar-refractivity contribution in [3.63, 3.8) is 0 Å². The molecule has 1 amide bonds. The predicted molar refractivity (Wildman–Crippen MR) is 123 cm³/mol. The van der Waals surface area contributed by atoms with Crippen molar-refractivity contribution >= 4 is 17.7 Å². The topological polar surface area (TPSA) is 86.9 Å². The molecule has 0 radical (unpaired) electrons. The van der Waals surface area contributed by atoms with Gasteiger partial charge < -0.3 is 14.6 Å². The second-order valence-electron chi connectivity index (χ2n) is 7.28. The molecule has 1 unspecified atom stereocenters. The average Bonchev–Trinajstić information content (AvgIpc) is 3.45. The van der Waals surface area contributed by atoms with Gasteiger partial charge in [-0.2, -0.15) is 0 Å². The maximum atomic E-state index is 12.9. The molecule has 1 atom stereocenters. The van der Waals surface area contributed by atoms with Crippen LogP contribution in [-0.4, -0.2) is 43.1 Å². The van der Waals surface area contributed by atoms with Gasteiger partial charge in [-0.15, -0.1) is 10.2 Å². The number of aromatic nitrogens is 5. The van der Waals surface area contributed by atoms with Crippen LogP contribution < -0.4 is 10.1 Å². The molecule has 8 nitrogen and oxygen atoms in total. The smallest absolute Gasteiger partial charge is 0.231 e. The Morgan fingerprint density at radius 3 is 2.75 bits per heavy atom. The van der Waals surface area contributed by atoms with Gasteiger partial charge in [-0.1, -0.05) is 41.6 Å². The summed E-state index contributed by atoms with van der Waals surface area (Å²) in [5.41, 5.74) is 3.01. The first-order valence-electron chi connectivity index (χ1n) is 10.1. The van der Waals surface area contributed by atoms with E-state index in [1.54, 1.807) is 19.6 Å². The Balaban J connectivity index is 1.50. The number of nitrogens with one attached hydrogen (secondary N) is 1. The average molecular weight is 449 g/mol. The van der Waals surface area contributed by atoms with Gasteiger partial charge in [-0.25, -0.2) is 4.98 Å². The standard InChI is InChI=1S/C23H24N6O2S/c1-16-7-9-18(10-8-16)29-15-25-27-23(29)32-14-20(30)26-21(22-24-11-12-28(22)2)17-5-4-6-19(13-17)31-3/h4-13,15,21H,14H2,1-3H3,(H,26,30). The quantitative estimate of drug-likeness (QED) is 0.416. The van der Waals surface area contributed by atoms with Crippen LogP contribution in [0.3, 0.4) is 0 Å². The van der Waals surface area contributed by atoms with E-state index in [2.05, 4.69) is 20.5 Å². The summed E-state index contributed by atoms with van der Waals surface area (Å²) < 4.78 is 9.12. The number of rotatable bonds is 8. The zero-order valence-electron chi connectivity index (χ0n) is 18.1. The lowest BCUT2D eigenvalue weighted by Gasteiger charge is -2.19. The number of ether oxygens (including phenoxy) is 1. The highest BCUT2D eigenvalue weighted by Crippen LogP contribution is 2.25. The van der Waals surface area contributed by atoms with Crippen LogP contribution in [-0.2, 0) is 11.8 Å². The molecule has 0 bridgehead atoms. The minimum absolute atomic E-state index is 0.135. The van der Waals surface area contributed by atoms with Crippen LogP contribution in [0, 0.1) is 6.92 Å². The summed E-state index contributed by atoms with van der Waals surface area (Å²) in [4.78, 5) is 17.4. The molecule has 0 spiro atoms. The predicted octanol–water partition coefficient (Wildman–Crippen LogP) is 3.32. The molecule has 4 rings (SSSR count). The maximum Gasteiger partial charge on any atom is 0.231 e. The third-order valence-electron chi connectivity index (χ3n) is 5.01. The van der Waals surface area contributed by atoms with E-state index < -0.39 is 6.04 Å². The van der Waals surface area contributed by atoms with Crippen LogP contribution in [0.25, 0.3) is 5.69 Å². The number of aryl methyl sites for hydroxylation is 2. The molecule has 0 aliphatic carbocycles. The van der Waals surface area contributed by atoms with Crippen molar-refractivity contribution in [2.45, 2.75) is 18.1 Å². The van der Waals surface area contributed by atoms with Gasteiger partial charge in [0, 0.05) is 25.1 Å². The summed E-state index contributed by atoms with van der Waals surface area (Å²) in [6, 6.07) is 15.3. The summed E-state index contributed by atoms with van der Waals surface area (Å²) in [6.07, 6.45) is 5.22. The van der Waals surface area contributed by atoms with Gasteiger partial charge in [0.05, 0.1) is 12.9 Å². The number of methoxy groups -OCH3 is 1. The van der Waals surface area contributed by atoms with Gasteiger partial charge in [-0.05, 0) is 36.8 Å². The van der Waals surface area contributed by atoms with E-state index in [9.17, 15) is 4.79 Å². The molecule has 0 saturated heterocycles. The van der Waals surface area contributed by atoms with Crippen molar-refractivity contribution < 1.29 is 9.53 Å². The molecular formula is C23H24N6O2S. The Bertz CT molecular complexity index is 1200. The Labute approximate surface area is 190 Å². The largest absolute Gasteiger partial charge is 0.497 e. The highest BCUT2D eigenvalue weighted by atomic mass is 32.2. The van der Waals surface area contributed by atoms with Crippen molar-refractivity contribution in [1.82, 2.24) is 29.6 Å². The molecule has 0 aliphatic heterocycles. The Morgan fingerprint density at radius 2 is 2.03 bits per heavy atom. The van der Waals surface area contributed by atoms with Crippen LogP contribution in [0.2, 0.25) is 0 Å². The molecule has 0 aliphatic rings. The van der Waals surface area contributed by atoms with Crippen LogP contribution in [0.4, 0.5) is 0 Å².